The van der Waals surface area contributed by atoms with E-state index in [9.17, 15) is 0 Å². The average molecular weight is 255 g/mol. The molecule has 0 saturated carbocycles. The van der Waals surface area contributed by atoms with E-state index in [1.165, 1.54) is 6.42 Å². The number of aliphatic hydroxyl groups excluding tert-OH is 1. The highest BCUT2D eigenvalue weighted by Crippen LogP contribution is 2.22. The summed E-state index contributed by atoms with van der Waals surface area (Å²) < 4.78 is 0. The number of nitrogens with zero attached hydrogens (tertiary/aromatic N) is 2. The van der Waals surface area contributed by atoms with Gasteiger partial charge in [-0.05, 0) is 31.0 Å². The highest BCUT2D eigenvalue weighted by atomic mass is 16.3. The molecule has 0 radical (unpaired) electrons. The Morgan fingerprint density at radius 3 is 2.89 bits per heavy atom. The zero-order valence-corrected chi connectivity index (χ0v) is 10.7. The monoisotopic (exact) mass is 255 g/mol. The summed E-state index contributed by atoms with van der Waals surface area (Å²) >= 11 is 0. The third-order valence-corrected chi connectivity index (χ3v) is 3.49. The van der Waals surface area contributed by atoms with E-state index in [4.69, 9.17) is 5.11 Å². The van der Waals surface area contributed by atoms with Crippen molar-refractivity contribution in [2.75, 3.05) is 6.54 Å². The molecule has 3 rings (SSSR count). The van der Waals surface area contributed by atoms with Crippen LogP contribution >= 0.6 is 0 Å². The molecule has 2 aromatic rings. The largest absolute Gasteiger partial charge is 0.392 e. The molecule has 1 saturated heterocycles. The number of aromatic nitrogens is 2. The van der Waals surface area contributed by atoms with Gasteiger partial charge >= 0.3 is 0 Å². The van der Waals surface area contributed by atoms with Gasteiger partial charge in [-0.15, -0.1) is 0 Å². The van der Waals surface area contributed by atoms with Crippen LogP contribution in [0.4, 0.5) is 0 Å². The predicted molar refractivity (Wildman–Crippen MR) is 73.4 cm³/mol. The summed E-state index contributed by atoms with van der Waals surface area (Å²) in [6, 6.07) is 8.10. The first kappa shape index (κ1) is 12.3. The smallest absolute Gasteiger partial charge is 0.0885 e. The summed E-state index contributed by atoms with van der Waals surface area (Å²) in [4.78, 5) is 8.99. The average Bonchev–Trinajstić information content (AvgIpc) is 3.02. The molecule has 1 atom stereocenters. The van der Waals surface area contributed by atoms with Gasteiger partial charge in [0.2, 0.25) is 0 Å². The Morgan fingerprint density at radius 1 is 1.26 bits per heavy atom. The van der Waals surface area contributed by atoms with E-state index in [1.807, 2.05) is 36.7 Å². The Kier molecular flexibility index (Phi) is 3.53. The number of benzene rings is 1. The fourth-order valence-corrected chi connectivity index (χ4v) is 2.43. The summed E-state index contributed by atoms with van der Waals surface area (Å²) in [5.41, 5.74) is 3.74. The Hall–Kier alpha value is -1.78. The lowest BCUT2D eigenvalue weighted by atomic mass is 10.1. The van der Waals surface area contributed by atoms with Crippen molar-refractivity contribution in [2.24, 2.45) is 0 Å². The first-order chi connectivity index (χ1) is 9.36. The van der Waals surface area contributed by atoms with Gasteiger partial charge in [-0.25, -0.2) is 0 Å². The third-order valence-electron chi connectivity index (χ3n) is 3.49. The predicted octanol–water partition coefficient (Wildman–Crippen LogP) is 2.06. The number of rotatable bonds is 3. The standard InChI is InChI=1S/C15H17N3O/c19-10-11-3-1-4-12(7-11)14-8-18-15(9-17-14)13-5-2-6-16-13/h1,3-4,7-9,13,16,19H,2,5-6,10H2. The van der Waals surface area contributed by atoms with Gasteiger partial charge in [-0.1, -0.05) is 18.2 Å². The lowest BCUT2D eigenvalue weighted by Gasteiger charge is -2.09. The number of nitrogens with one attached hydrogen (secondary N) is 1. The molecule has 1 aliphatic heterocycles. The fourth-order valence-electron chi connectivity index (χ4n) is 2.43. The van der Waals surface area contributed by atoms with Crippen molar-refractivity contribution < 1.29 is 5.11 Å². The molecule has 19 heavy (non-hydrogen) atoms. The molecule has 2 N–H and O–H groups in total. The van der Waals surface area contributed by atoms with Crippen LogP contribution in [0.3, 0.4) is 0 Å². The molecule has 4 heteroatoms. The zero-order valence-electron chi connectivity index (χ0n) is 10.7. The molecule has 4 nitrogen and oxygen atoms in total. The van der Waals surface area contributed by atoms with Gasteiger partial charge < -0.3 is 10.4 Å². The maximum Gasteiger partial charge on any atom is 0.0885 e. The van der Waals surface area contributed by atoms with Crippen LogP contribution < -0.4 is 5.32 Å². The second-order valence-electron chi connectivity index (χ2n) is 4.83. The van der Waals surface area contributed by atoms with Crippen molar-refractivity contribution in [1.82, 2.24) is 15.3 Å². The molecule has 0 aliphatic carbocycles. The number of aliphatic hydroxyl groups is 1. The third kappa shape index (κ3) is 2.64. The van der Waals surface area contributed by atoms with Gasteiger partial charge in [0.15, 0.2) is 0 Å². The maximum atomic E-state index is 9.15. The normalized spacial score (nSPS) is 18.7. The van der Waals surface area contributed by atoms with Gasteiger partial charge in [0.05, 0.1) is 36.4 Å². The van der Waals surface area contributed by atoms with Crippen LogP contribution in [-0.2, 0) is 6.61 Å². The molecular weight excluding hydrogens is 238 g/mol. The lowest BCUT2D eigenvalue weighted by molar-refractivity contribution is 0.282. The minimum atomic E-state index is 0.0470. The Labute approximate surface area is 112 Å². The highest BCUT2D eigenvalue weighted by Gasteiger charge is 2.17. The Morgan fingerprint density at radius 2 is 2.21 bits per heavy atom. The van der Waals surface area contributed by atoms with Crippen LogP contribution in [0.5, 0.6) is 0 Å². The Bertz CT molecular complexity index is 548. The van der Waals surface area contributed by atoms with Crippen LogP contribution in [0.25, 0.3) is 11.3 Å². The highest BCUT2D eigenvalue weighted by molar-refractivity contribution is 5.58. The van der Waals surface area contributed by atoms with Crippen LogP contribution in [0.2, 0.25) is 0 Å². The Balaban J connectivity index is 1.84. The molecule has 0 bridgehead atoms. The van der Waals surface area contributed by atoms with Crippen molar-refractivity contribution in [3.8, 4) is 11.3 Å². The van der Waals surface area contributed by atoms with Crippen molar-refractivity contribution in [3.05, 3.63) is 47.9 Å². The van der Waals surface area contributed by atoms with Gasteiger partial charge in [-0.2, -0.15) is 0 Å². The molecule has 0 amide bonds. The van der Waals surface area contributed by atoms with Gasteiger partial charge in [0, 0.05) is 5.56 Å². The summed E-state index contributed by atoms with van der Waals surface area (Å²) in [7, 11) is 0. The topological polar surface area (TPSA) is 58.0 Å². The van der Waals surface area contributed by atoms with Crippen molar-refractivity contribution in [1.29, 1.82) is 0 Å². The maximum absolute atomic E-state index is 9.15. The molecule has 98 valence electrons. The van der Waals surface area contributed by atoms with Crippen molar-refractivity contribution in [3.63, 3.8) is 0 Å². The van der Waals surface area contributed by atoms with Gasteiger partial charge in [0.25, 0.3) is 0 Å². The molecule has 1 fully saturated rings. The fraction of sp³-hybridized carbons (Fsp3) is 0.333. The van der Waals surface area contributed by atoms with Crippen LogP contribution in [-0.4, -0.2) is 21.6 Å². The summed E-state index contributed by atoms with van der Waals surface area (Å²) in [5, 5.41) is 12.6. The second-order valence-corrected chi connectivity index (χ2v) is 4.83. The SMILES string of the molecule is OCc1cccc(-c2cnc(C3CCCN3)cn2)c1. The molecule has 1 aromatic carbocycles. The van der Waals surface area contributed by atoms with Crippen LogP contribution in [0.15, 0.2) is 36.7 Å². The van der Waals surface area contributed by atoms with E-state index < -0.39 is 0 Å². The van der Waals surface area contributed by atoms with Crippen molar-refractivity contribution >= 4 is 0 Å². The van der Waals surface area contributed by atoms with Crippen molar-refractivity contribution in [2.45, 2.75) is 25.5 Å². The number of hydrogen-bond donors (Lipinski definition) is 2. The minimum Gasteiger partial charge on any atom is -0.392 e. The summed E-state index contributed by atoms with van der Waals surface area (Å²) in [6.07, 6.45) is 6.00. The molecule has 2 heterocycles. The van der Waals surface area contributed by atoms with E-state index >= 15 is 0 Å². The number of hydrogen-bond acceptors (Lipinski definition) is 4. The van der Waals surface area contributed by atoms with E-state index in [-0.39, 0.29) is 6.61 Å². The zero-order chi connectivity index (χ0) is 13.1. The van der Waals surface area contributed by atoms with Crippen LogP contribution in [0.1, 0.15) is 30.1 Å². The quantitative estimate of drug-likeness (QED) is 0.881. The van der Waals surface area contributed by atoms with E-state index in [0.29, 0.717) is 6.04 Å². The van der Waals surface area contributed by atoms with E-state index in [0.717, 1.165) is 35.5 Å². The molecule has 1 aliphatic rings. The van der Waals surface area contributed by atoms with E-state index in [1.54, 1.807) is 0 Å². The van der Waals surface area contributed by atoms with E-state index in [2.05, 4.69) is 15.3 Å². The van der Waals surface area contributed by atoms with Gasteiger partial charge in [-0.3, -0.25) is 9.97 Å². The molecular formula is C15H17N3O. The molecule has 1 unspecified atom stereocenters. The second kappa shape index (κ2) is 5.47. The molecule has 1 aromatic heterocycles. The molecule has 0 spiro atoms. The lowest BCUT2D eigenvalue weighted by Crippen LogP contribution is -2.14. The summed E-state index contributed by atoms with van der Waals surface area (Å²) in [6.45, 7) is 1.11. The minimum absolute atomic E-state index is 0.0470. The van der Waals surface area contributed by atoms with Gasteiger partial charge in [0.1, 0.15) is 0 Å². The first-order valence-electron chi connectivity index (χ1n) is 6.62. The first-order valence-corrected chi connectivity index (χ1v) is 6.62. The summed E-state index contributed by atoms with van der Waals surface area (Å²) in [5.74, 6) is 0. The van der Waals surface area contributed by atoms with Crippen LogP contribution in [0, 0.1) is 0 Å².